The molecule has 6 aromatic rings. The maximum absolute atomic E-state index is 6.33. The molecule has 270 valence electrons. The minimum absolute atomic E-state index is 0.910. The van der Waals surface area contributed by atoms with E-state index in [9.17, 15) is 0 Å². The van der Waals surface area contributed by atoms with Gasteiger partial charge in [-0.15, -0.1) is 0 Å². The predicted octanol–water partition coefficient (Wildman–Crippen LogP) is 10.7. The smallest absolute Gasteiger partial charge is 0.374 e. The van der Waals surface area contributed by atoms with Crippen LogP contribution in [0.4, 0.5) is 11.4 Å². The third-order valence-electron chi connectivity index (χ3n) is 9.94. The minimum Gasteiger partial charge on any atom is -0.398 e. The molecule has 0 fully saturated rings. The molecule has 6 heteroatoms. The summed E-state index contributed by atoms with van der Waals surface area (Å²) in [7, 11) is 8.27. The Labute approximate surface area is 310 Å². The van der Waals surface area contributed by atoms with Gasteiger partial charge in [0.15, 0.2) is 13.1 Å². The first kappa shape index (κ1) is 36.7. The Balaban J connectivity index is 0.970. The van der Waals surface area contributed by atoms with Crippen molar-refractivity contribution in [2.45, 2.75) is 78.3 Å². The van der Waals surface area contributed by atoms with Crippen LogP contribution in [0.25, 0.3) is 46.5 Å². The van der Waals surface area contributed by atoms with Crippen LogP contribution in [-0.4, -0.2) is 28.2 Å². The Bertz CT molecular complexity index is 1960. The molecule has 2 aromatic heterocycles. The second-order valence-electron chi connectivity index (χ2n) is 14.6. The second-order valence-corrected chi connectivity index (χ2v) is 14.6. The van der Waals surface area contributed by atoms with E-state index >= 15 is 0 Å². The van der Waals surface area contributed by atoms with Crippen LogP contribution in [0, 0.1) is 13.8 Å². The van der Waals surface area contributed by atoms with Gasteiger partial charge < -0.3 is 18.6 Å². The molecule has 6 nitrogen and oxygen atoms in total. The van der Waals surface area contributed by atoms with Gasteiger partial charge >= 0.3 is 11.8 Å². The van der Waals surface area contributed by atoms with Crippen LogP contribution < -0.4 is 18.9 Å². The topological polar surface area (TPSA) is 40.5 Å². The summed E-state index contributed by atoms with van der Waals surface area (Å²) in [5.74, 6) is 1.82. The zero-order valence-corrected chi connectivity index (χ0v) is 32.1. The van der Waals surface area contributed by atoms with Crippen molar-refractivity contribution in [1.82, 2.24) is 0 Å². The van der Waals surface area contributed by atoms with Gasteiger partial charge in [0.2, 0.25) is 11.2 Å². The Kier molecular flexibility index (Phi) is 12.3. The Hall–Kier alpha value is -5.10. The first-order chi connectivity index (χ1) is 25.2. The summed E-state index contributed by atoms with van der Waals surface area (Å²) < 4.78 is 17.4. The molecule has 0 atom stereocenters. The summed E-state index contributed by atoms with van der Waals surface area (Å²) in [4.78, 5) is 4.24. The summed E-state index contributed by atoms with van der Waals surface area (Å²) in [6.45, 7) is 6.23. The van der Waals surface area contributed by atoms with E-state index in [0.717, 1.165) is 48.9 Å². The zero-order chi connectivity index (χ0) is 36.5. The van der Waals surface area contributed by atoms with Crippen LogP contribution in [0.2, 0.25) is 0 Å². The molecule has 0 N–H and O–H groups in total. The molecule has 0 saturated carbocycles. The highest BCUT2D eigenvalue weighted by Crippen LogP contribution is 2.21. The third-order valence-corrected chi connectivity index (χ3v) is 9.94. The quantitative estimate of drug-likeness (QED) is 0.0703. The minimum atomic E-state index is 0.910. The van der Waals surface area contributed by atoms with E-state index in [1.165, 1.54) is 83.2 Å². The molecule has 0 aliphatic rings. The summed E-state index contributed by atoms with van der Waals surface area (Å²) in [6.07, 6.45) is 18.4. The van der Waals surface area contributed by atoms with Gasteiger partial charge in [0, 0.05) is 64.5 Å². The lowest BCUT2D eigenvalue weighted by atomic mass is 10.1. The van der Waals surface area contributed by atoms with Crippen molar-refractivity contribution >= 4 is 57.9 Å². The molecule has 0 spiro atoms. The monoisotopic (exact) mass is 696 g/mol. The van der Waals surface area contributed by atoms with E-state index in [4.69, 9.17) is 8.83 Å². The van der Waals surface area contributed by atoms with Crippen LogP contribution in [-0.2, 0) is 13.1 Å². The van der Waals surface area contributed by atoms with Gasteiger partial charge in [-0.2, -0.15) is 9.13 Å². The molecule has 0 amide bonds. The molecule has 0 aliphatic carbocycles. The van der Waals surface area contributed by atoms with Crippen LogP contribution in [0.15, 0.2) is 93.8 Å². The van der Waals surface area contributed by atoms with Crippen LogP contribution in [0.5, 0.6) is 0 Å². The van der Waals surface area contributed by atoms with Crippen LogP contribution in [0.1, 0.15) is 85.4 Å². The number of unbranched alkanes of at least 4 members (excludes halogenated alkanes) is 7. The molecule has 2 heterocycles. The Morgan fingerprint density at radius 2 is 0.827 bits per heavy atom. The normalized spacial score (nSPS) is 11.9. The van der Waals surface area contributed by atoms with Gasteiger partial charge in [0.05, 0.1) is 12.2 Å². The standard InChI is InChI=1S/C46H56N4O2/c1-35-15-27-43-41(33-35)49(45(51-43)29-21-37-17-23-39(24-18-37)47(3)4)31-13-11-9-7-8-10-12-14-32-50-42-34-36(2)16-28-44(42)52-46(50)30-22-38-19-25-40(26-20-38)48(5)6/h15-30,33-34H,7-14,31-32H2,1-6H3/q+2. The van der Waals surface area contributed by atoms with Crippen molar-refractivity contribution in [2.75, 3.05) is 38.0 Å². The summed E-state index contributed by atoms with van der Waals surface area (Å²) in [6, 6.07) is 30.2. The van der Waals surface area contributed by atoms with Gasteiger partial charge in [-0.05, 0) is 97.5 Å². The van der Waals surface area contributed by atoms with E-state index in [1.807, 2.05) is 0 Å². The fourth-order valence-electron chi connectivity index (χ4n) is 6.83. The number of benzene rings is 4. The molecular formula is C46H56N4O2+2. The molecular weight excluding hydrogens is 641 g/mol. The van der Waals surface area contributed by atoms with Crippen molar-refractivity contribution in [3.05, 3.63) is 119 Å². The van der Waals surface area contributed by atoms with E-state index in [2.05, 4.69) is 170 Å². The number of aromatic nitrogens is 2. The van der Waals surface area contributed by atoms with Crippen molar-refractivity contribution in [1.29, 1.82) is 0 Å². The van der Waals surface area contributed by atoms with E-state index in [-0.39, 0.29) is 0 Å². The van der Waals surface area contributed by atoms with Crippen molar-refractivity contribution in [3.63, 3.8) is 0 Å². The van der Waals surface area contributed by atoms with E-state index in [1.54, 1.807) is 0 Å². The Morgan fingerprint density at radius 3 is 1.19 bits per heavy atom. The summed E-state index contributed by atoms with van der Waals surface area (Å²) >= 11 is 0. The largest absolute Gasteiger partial charge is 0.398 e. The lowest BCUT2D eigenvalue weighted by molar-refractivity contribution is -0.678. The maximum Gasteiger partial charge on any atom is 0.374 e. The highest BCUT2D eigenvalue weighted by molar-refractivity contribution is 5.74. The number of nitrogens with zero attached hydrogens (tertiary/aromatic N) is 4. The third kappa shape index (κ3) is 9.41. The average molecular weight is 697 g/mol. The molecule has 4 aromatic carbocycles. The highest BCUT2D eigenvalue weighted by atomic mass is 16.4. The molecule has 0 aliphatic heterocycles. The average Bonchev–Trinajstić information content (AvgIpc) is 3.66. The molecule has 52 heavy (non-hydrogen) atoms. The van der Waals surface area contributed by atoms with Gasteiger partial charge in [0.1, 0.15) is 0 Å². The van der Waals surface area contributed by atoms with Crippen molar-refractivity contribution in [2.24, 2.45) is 0 Å². The van der Waals surface area contributed by atoms with E-state index < -0.39 is 0 Å². The Morgan fingerprint density at radius 1 is 0.462 bits per heavy atom. The number of rotatable bonds is 17. The first-order valence-electron chi connectivity index (χ1n) is 19.0. The summed E-state index contributed by atoms with van der Waals surface area (Å²) in [5.41, 5.74) is 11.5. The maximum atomic E-state index is 6.33. The van der Waals surface area contributed by atoms with Crippen molar-refractivity contribution in [3.8, 4) is 0 Å². The molecule has 0 bridgehead atoms. The number of oxazole rings is 2. The number of hydrogen-bond acceptors (Lipinski definition) is 4. The number of anilines is 2. The van der Waals surface area contributed by atoms with Crippen molar-refractivity contribution < 1.29 is 18.0 Å². The predicted molar refractivity (Wildman–Crippen MR) is 219 cm³/mol. The van der Waals surface area contributed by atoms with Crippen LogP contribution >= 0.6 is 0 Å². The van der Waals surface area contributed by atoms with Gasteiger partial charge in [-0.25, -0.2) is 0 Å². The summed E-state index contributed by atoms with van der Waals surface area (Å²) in [5, 5.41) is 0. The lowest BCUT2D eigenvalue weighted by Crippen LogP contribution is -2.35. The second kappa shape index (κ2) is 17.4. The fourth-order valence-corrected chi connectivity index (χ4v) is 6.83. The molecule has 0 unspecified atom stereocenters. The number of hydrogen-bond donors (Lipinski definition) is 0. The van der Waals surface area contributed by atoms with Gasteiger partial charge in [-0.1, -0.05) is 62.1 Å². The molecule has 6 rings (SSSR count). The van der Waals surface area contributed by atoms with Gasteiger partial charge in [-0.3, -0.25) is 0 Å². The number of fused-ring (bicyclic) bond motifs is 2. The first-order valence-corrected chi connectivity index (χ1v) is 19.0. The SMILES string of the molecule is Cc1ccc2oc(/C=C/c3ccc(N(C)C)cc3)[n+](CCCCCCCCCC[n+]3c(/C=C/c4ccc(N(C)C)cc4)oc4ccc(C)cc43)c2c1. The van der Waals surface area contributed by atoms with E-state index in [0.29, 0.717) is 0 Å². The molecule has 0 saturated heterocycles. The van der Waals surface area contributed by atoms with Crippen LogP contribution in [0.3, 0.4) is 0 Å². The number of aryl methyl sites for hydroxylation is 4. The molecule has 0 radical (unpaired) electrons. The zero-order valence-electron chi connectivity index (χ0n) is 32.1. The van der Waals surface area contributed by atoms with Gasteiger partial charge in [0.25, 0.3) is 11.0 Å². The fraction of sp³-hybridized carbons (Fsp3) is 0.348. The highest BCUT2D eigenvalue weighted by Gasteiger charge is 2.22. The lowest BCUT2D eigenvalue weighted by Gasteiger charge is -2.11.